The van der Waals surface area contributed by atoms with E-state index in [1.165, 1.54) is 11.8 Å². The van der Waals surface area contributed by atoms with Crippen molar-refractivity contribution in [1.82, 2.24) is 4.90 Å². The number of hydrogen-bond donors (Lipinski definition) is 1. The van der Waals surface area contributed by atoms with Gasteiger partial charge in [0.1, 0.15) is 0 Å². The maximum atomic E-state index is 12.7. The van der Waals surface area contributed by atoms with Crippen LogP contribution in [-0.4, -0.2) is 45.4 Å². The molecule has 1 saturated heterocycles. The lowest BCUT2D eigenvalue weighted by Gasteiger charge is -2.35. The maximum absolute atomic E-state index is 12.7. The summed E-state index contributed by atoms with van der Waals surface area (Å²) >= 11 is 5.87. The Balaban J connectivity index is 1.92. The van der Waals surface area contributed by atoms with Crippen LogP contribution in [0, 0.1) is 27.2 Å². The molecular weight excluding hydrogens is 416 g/mol. The SMILES string of the molecule is Cc1c(CO)cc([N+](=O)[O-])c(N2CCN(Cc3ccc(Cl)cc3)C(=O)C2)c1[N+](=O)[O-]. The highest BCUT2D eigenvalue weighted by Crippen LogP contribution is 2.42. The van der Waals surface area contributed by atoms with E-state index >= 15 is 0 Å². The molecule has 0 spiro atoms. The average Bonchev–Trinajstić information content (AvgIpc) is 2.70. The number of carbonyl (C=O) groups is 1. The van der Waals surface area contributed by atoms with E-state index < -0.39 is 27.8 Å². The van der Waals surface area contributed by atoms with Crippen LogP contribution in [-0.2, 0) is 17.9 Å². The van der Waals surface area contributed by atoms with Crippen molar-refractivity contribution in [1.29, 1.82) is 0 Å². The lowest BCUT2D eigenvalue weighted by atomic mass is 10.0. The summed E-state index contributed by atoms with van der Waals surface area (Å²) in [4.78, 5) is 37.5. The number of aliphatic hydroxyl groups is 1. The Bertz CT molecular complexity index is 1010. The molecule has 11 heteroatoms. The molecule has 3 rings (SSSR count). The summed E-state index contributed by atoms with van der Waals surface area (Å²) in [5.41, 5.74) is -0.0630. The molecule has 0 atom stereocenters. The van der Waals surface area contributed by atoms with Gasteiger partial charge in [-0.25, -0.2) is 0 Å². The normalized spacial score (nSPS) is 14.2. The van der Waals surface area contributed by atoms with Gasteiger partial charge in [0.25, 0.3) is 5.69 Å². The number of carbonyl (C=O) groups excluding carboxylic acids is 1. The standard InChI is InChI=1S/C19H19ClN4O6/c1-12-14(11-25)8-16(23(27)28)19(18(12)24(29)30)22-7-6-21(17(26)10-22)9-13-2-4-15(20)5-3-13/h2-5,8,25H,6-7,9-11H2,1H3. The van der Waals surface area contributed by atoms with Gasteiger partial charge in [0.15, 0.2) is 5.69 Å². The first-order valence-electron chi connectivity index (χ1n) is 9.06. The van der Waals surface area contributed by atoms with E-state index in [9.17, 15) is 30.1 Å². The van der Waals surface area contributed by atoms with E-state index in [4.69, 9.17) is 11.6 Å². The number of benzene rings is 2. The first kappa shape index (κ1) is 21.5. The van der Waals surface area contributed by atoms with Crippen molar-refractivity contribution in [2.45, 2.75) is 20.1 Å². The Morgan fingerprint density at radius 1 is 1.13 bits per heavy atom. The monoisotopic (exact) mass is 434 g/mol. The number of aliphatic hydroxyl groups excluding tert-OH is 1. The van der Waals surface area contributed by atoms with Crippen LogP contribution < -0.4 is 4.90 Å². The Morgan fingerprint density at radius 3 is 2.33 bits per heavy atom. The van der Waals surface area contributed by atoms with Gasteiger partial charge in [-0.3, -0.25) is 25.0 Å². The number of amides is 1. The molecule has 1 N–H and O–H groups in total. The van der Waals surface area contributed by atoms with Gasteiger partial charge in [0.05, 0.1) is 23.0 Å². The maximum Gasteiger partial charge on any atom is 0.302 e. The van der Waals surface area contributed by atoms with Crippen molar-refractivity contribution >= 4 is 34.6 Å². The van der Waals surface area contributed by atoms with E-state index in [0.717, 1.165) is 11.6 Å². The largest absolute Gasteiger partial charge is 0.392 e. The van der Waals surface area contributed by atoms with Crippen molar-refractivity contribution in [3.63, 3.8) is 0 Å². The molecule has 158 valence electrons. The summed E-state index contributed by atoms with van der Waals surface area (Å²) in [5, 5.41) is 33.3. The fourth-order valence-corrected chi connectivity index (χ4v) is 3.63. The molecule has 0 aromatic heterocycles. The minimum Gasteiger partial charge on any atom is -0.392 e. The van der Waals surface area contributed by atoms with Crippen molar-refractivity contribution in [2.24, 2.45) is 0 Å². The van der Waals surface area contributed by atoms with E-state index in [-0.39, 0.29) is 42.4 Å². The van der Waals surface area contributed by atoms with Crippen LogP contribution in [0.2, 0.25) is 5.02 Å². The molecule has 30 heavy (non-hydrogen) atoms. The molecule has 0 saturated carbocycles. The number of nitro groups is 2. The molecule has 0 unspecified atom stereocenters. The van der Waals surface area contributed by atoms with Crippen LogP contribution in [0.5, 0.6) is 0 Å². The molecule has 10 nitrogen and oxygen atoms in total. The van der Waals surface area contributed by atoms with E-state index in [1.807, 2.05) is 0 Å². The molecule has 1 fully saturated rings. The minimum atomic E-state index is -0.731. The van der Waals surface area contributed by atoms with Gasteiger partial charge >= 0.3 is 5.69 Å². The predicted octanol–water partition coefficient (Wildman–Crippen LogP) is 2.81. The van der Waals surface area contributed by atoms with Crippen molar-refractivity contribution in [3.05, 3.63) is 72.3 Å². The van der Waals surface area contributed by atoms with Gasteiger partial charge in [-0.2, -0.15) is 0 Å². The zero-order chi connectivity index (χ0) is 22.0. The molecule has 1 aliphatic heterocycles. The summed E-state index contributed by atoms with van der Waals surface area (Å²) in [6.07, 6.45) is 0. The molecule has 1 amide bonds. The van der Waals surface area contributed by atoms with Crippen molar-refractivity contribution in [2.75, 3.05) is 24.5 Å². The number of nitrogens with zero attached hydrogens (tertiary/aromatic N) is 4. The summed E-state index contributed by atoms with van der Waals surface area (Å²) in [5.74, 6) is -0.302. The smallest absolute Gasteiger partial charge is 0.302 e. The van der Waals surface area contributed by atoms with E-state index in [1.54, 1.807) is 29.2 Å². The van der Waals surface area contributed by atoms with Crippen LogP contribution in [0.15, 0.2) is 30.3 Å². The molecule has 1 aliphatic rings. The predicted molar refractivity (Wildman–Crippen MR) is 109 cm³/mol. The third-order valence-corrected chi connectivity index (χ3v) is 5.34. The first-order chi connectivity index (χ1) is 14.2. The molecule has 2 aromatic rings. The number of nitro benzene ring substituents is 2. The lowest BCUT2D eigenvalue weighted by molar-refractivity contribution is -0.393. The highest BCUT2D eigenvalue weighted by Gasteiger charge is 2.37. The number of hydrogen-bond acceptors (Lipinski definition) is 7. The molecule has 0 radical (unpaired) electrons. The van der Waals surface area contributed by atoms with Crippen LogP contribution in [0.3, 0.4) is 0 Å². The number of rotatable bonds is 6. The molecular formula is C19H19ClN4O6. The van der Waals surface area contributed by atoms with E-state index in [2.05, 4.69) is 0 Å². The Hall–Kier alpha value is -3.24. The highest BCUT2D eigenvalue weighted by molar-refractivity contribution is 6.30. The van der Waals surface area contributed by atoms with Crippen LogP contribution in [0.4, 0.5) is 17.1 Å². The van der Waals surface area contributed by atoms with Gasteiger partial charge in [0.2, 0.25) is 5.91 Å². The van der Waals surface area contributed by atoms with Gasteiger partial charge in [-0.15, -0.1) is 0 Å². The highest BCUT2D eigenvalue weighted by atomic mass is 35.5. The summed E-state index contributed by atoms with van der Waals surface area (Å²) in [6.45, 7) is 1.41. The van der Waals surface area contributed by atoms with Crippen LogP contribution in [0.1, 0.15) is 16.7 Å². The fraction of sp³-hybridized carbons (Fsp3) is 0.316. The summed E-state index contributed by atoms with van der Waals surface area (Å²) in [7, 11) is 0. The van der Waals surface area contributed by atoms with Gasteiger partial charge in [-0.05, 0) is 30.2 Å². The quantitative estimate of drug-likeness (QED) is 0.546. The van der Waals surface area contributed by atoms with Gasteiger partial charge in [-0.1, -0.05) is 23.7 Å². The lowest BCUT2D eigenvalue weighted by Crippen LogP contribution is -2.50. The Morgan fingerprint density at radius 2 is 1.80 bits per heavy atom. The Kier molecular flexibility index (Phi) is 6.18. The molecule has 1 heterocycles. The van der Waals surface area contributed by atoms with E-state index in [0.29, 0.717) is 11.6 Å². The van der Waals surface area contributed by atoms with Crippen LogP contribution in [0.25, 0.3) is 0 Å². The topological polar surface area (TPSA) is 130 Å². The summed E-state index contributed by atoms with van der Waals surface area (Å²) < 4.78 is 0. The molecule has 0 aliphatic carbocycles. The van der Waals surface area contributed by atoms with Gasteiger partial charge in [0, 0.05) is 36.3 Å². The van der Waals surface area contributed by atoms with Crippen molar-refractivity contribution < 1.29 is 19.7 Å². The van der Waals surface area contributed by atoms with Gasteiger partial charge < -0.3 is 14.9 Å². The molecule has 2 aromatic carbocycles. The second kappa shape index (κ2) is 8.64. The third-order valence-electron chi connectivity index (χ3n) is 5.09. The zero-order valence-electron chi connectivity index (χ0n) is 16.1. The summed E-state index contributed by atoms with van der Waals surface area (Å²) in [6, 6.07) is 8.16. The third kappa shape index (κ3) is 4.19. The average molecular weight is 435 g/mol. The zero-order valence-corrected chi connectivity index (χ0v) is 16.8. The van der Waals surface area contributed by atoms with Crippen LogP contribution >= 0.6 is 11.6 Å². The number of halogens is 1. The fourth-order valence-electron chi connectivity index (χ4n) is 3.51. The minimum absolute atomic E-state index is 0.102. The second-order valence-electron chi connectivity index (χ2n) is 6.91. The van der Waals surface area contributed by atoms with Crippen molar-refractivity contribution in [3.8, 4) is 0 Å². The Labute approximate surface area is 176 Å². The number of anilines is 1. The molecule has 0 bridgehead atoms. The first-order valence-corrected chi connectivity index (χ1v) is 9.44. The second-order valence-corrected chi connectivity index (χ2v) is 7.35. The number of piperazine rings is 1.